The van der Waals surface area contributed by atoms with E-state index in [0.717, 1.165) is 0 Å². The lowest BCUT2D eigenvalue weighted by Gasteiger charge is -2.08. The second kappa shape index (κ2) is 8.23. The first-order valence-electron chi connectivity index (χ1n) is 9.54. The Bertz CT molecular complexity index is 1410. The average Bonchev–Trinajstić information content (AvgIpc) is 2.80. The quantitative estimate of drug-likeness (QED) is 0.274. The number of hydrogen-bond donors (Lipinski definition) is 4. The van der Waals surface area contributed by atoms with Gasteiger partial charge in [0.05, 0.1) is 16.8 Å². The molecule has 0 atom stereocenters. The largest absolute Gasteiger partial charge is 0.505 e. The maximum Gasteiger partial charge on any atom is 0.335 e. The smallest absolute Gasteiger partial charge is 0.335 e. The molecule has 1 aromatic heterocycles. The molecule has 158 valence electrons. The molecule has 0 aliphatic carbocycles. The maximum atomic E-state index is 12.9. The first-order chi connectivity index (χ1) is 15.3. The van der Waals surface area contributed by atoms with Gasteiger partial charge < -0.3 is 20.4 Å². The van der Waals surface area contributed by atoms with Gasteiger partial charge in [0.25, 0.3) is 0 Å². The molecule has 32 heavy (non-hydrogen) atoms. The fraction of sp³-hybridized carbons (Fsp3) is 0. The molecule has 7 nitrogen and oxygen atoms in total. The lowest BCUT2D eigenvalue weighted by molar-refractivity contribution is 0.0697. The van der Waals surface area contributed by atoms with E-state index in [1.54, 1.807) is 36.4 Å². The Labute approximate surface area is 182 Å². The van der Waals surface area contributed by atoms with E-state index in [-0.39, 0.29) is 39.5 Å². The second-order valence-corrected chi connectivity index (χ2v) is 7.07. The highest BCUT2D eigenvalue weighted by atomic mass is 16.4. The Morgan fingerprint density at radius 3 is 2.28 bits per heavy atom. The topological polar surface area (TPSA) is 128 Å². The van der Waals surface area contributed by atoms with Crippen LogP contribution in [0.4, 0.5) is 0 Å². The first kappa shape index (κ1) is 20.6. The number of benzene rings is 3. The van der Waals surface area contributed by atoms with Gasteiger partial charge in [-0.25, -0.2) is 9.78 Å². The van der Waals surface area contributed by atoms with Crippen LogP contribution in [0.1, 0.15) is 37.5 Å². The Hall–Kier alpha value is -4.65. The third-order valence-electron chi connectivity index (χ3n) is 4.92. The van der Waals surface area contributed by atoms with Crippen LogP contribution in [0.2, 0.25) is 0 Å². The van der Waals surface area contributed by atoms with Gasteiger partial charge in [0.15, 0.2) is 23.0 Å². The molecule has 0 bridgehead atoms. The van der Waals surface area contributed by atoms with Crippen molar-refractivity contribution in [3.8, 4) is 17.2 Å². The molecule has 3 aromatic carbocycles. The number of aromatic carboxylic acids is 1. The molecule has 4 rings (SSSR count). The minimum absolute atomic E-state index is 0.0112. The van der Waals surface area contributed by atoms with E-state index in [4.69, 9.17) is 5.11 Å². The van der Waals surface area contributed by atoms with Gasteiger partial charge in [0.2, 0.25) is 0 Å². The number of carboxylic acids is 1. The highest BCUT2D eigenvalue weighted by Crippen LogP contribution is 2.30. The number of phenolic OH excluding ortho intramolecular Hbond substituents is 3. The van der Waals surface area contributed by atoms with Crippen molar-refractivity contribution in [1.82, 2.24) is 4.98 Å². The van der Waals surface area contributed by atoms with Crippen LogP contribution in [0.3, 0.4) is 0 Å². The lowest BCUT2D eigenvalue weighted by Crippen LogP contribution is -2.05. The summed E-state index contributed by atoms with van der Waals surface area (Å²) >= 11 is 0. The predicted molar refractivity (Wildman–Crippen MR) is 119 cm³/mol. The van der Waals surface area contributed by atoms with Crippen molar-refractivity contribution in [3.05, 3.63) is 94.7 Å². The van der Waals surface area contributed by atoms with Crippen LogP contribution >= 0.6 is 0 Å². The van der Waals surface area contributed by atoms with Gasteiger partial charge in [0.1, 0.15) is 5.52 Å². The van der Waals surface area contributed by atoms with Crippen LogP contribution in [0.25, 0.3) is 23.1 Å². The van der Waals surface area contributed by atoms with Crippen LogP contribution in [-0.2, 0) is 0 Å². The molecule has 0 unspecified atom stereocenters. The molecule has 0 radical (unpaired) electrons. The molecule has 1 heterocycles. The van der Waals surface area contributed by atoms with E-state index in [9.17, 15) is 24.9 Å². The molecule has 0 fully saturated rings. The molecule has 4 N–H and O–H groups in total. The van der Waals surface area contributed by atoms with Crippen molar-refractivity contribution in [2.24, 2.45) is 0 Å². The number of aromatic nitrogens is 1. The highest BCUT2D eigenvalue weighted by Gasteiger charge is 2.18. The zero-order chi connectivity index (χ0) is 22.8. The van der Waals surface area contributed by atoms with E-state index in [0.29, 0.717) is 16.6 Å². The monoisotopic (exact) mass is 427 g/mol. The van der Waals surface area contributed by atoms with E-state index >= 15 is 0 Å². The van der Waals surface area contributed by atoms with Crippen molar-refractivity contribution >= 4 is 34.8 Å². The molecular formula is C25H17NO6. The summed E-state index contributed by atoms with van der Waals surface area (Å²) in [5, 5.41) is 39.5. The maximum absolute atomic E-state index is 12.9. The number of carboxylic acid groups (broad SMARTS) is 1. The lowest BCUT2D eigenvalue weighted by atomic mass is 9.99. The summed E-state index contributed by atoms with van der Waals surface area (Å²) in [6, 6.07) is 16.6. The first-order valence-corrected chi connectivity index (χ1v) is 9.54. The molecule has 0 aliphatic rings. The molecule has 0 spiro atoms. The van der Waals surface area contributed by atoms with Crippen LogP contribution in [0, 0.1) is 0 Å². The summed E-state index contributed by atoms with van der Waals surface area (Å²) in [7, 11) is 0. The summed E-state index contributed by atoms with van der Waals surface area (Å²) in [5.74, 6) is -2.43. The van der Waals surface area contributed by atoms with E-state index in [1.165, 1.54) is 42.5 Å². The Morgan fingerprint density at radius 1 is 0.781 bits per heavy atom. The number of phenols is 3. The predicted octanol–water partition coefficient (Wildman–Crippen LogP) is 4.45. The van der Waals surface area contributed by atoms with Crippen molar-refractivity contribution in [2.45, 2.75) is 0 Å². The molecule has 7 heteroatoms. The number of nitrogens with zero attached hydrogens (tertiary/aromatic N) is 1. The van der Waals surface area contributed by atoms with Crippen molar-refractivity contribution in [2.75, 3.05) is 0 Å². The van der Waals surface area contributed by atoms with Crippen LogP contribution in [-0.4, -0.2) is 37.2 Å². The highest BCUT2D eigenvalue weighted by molar-refractivity contribution is 6.13. The number of hydrogen-bond acceptors (Lipinski definition) is 6. The number of carbonyl (C=O) groups excluding carboxylic acids is 1. The van der Waals surface area contributed by atoms with Gasteiger partial charge in [0, 0.05) is 10.9 Å². The van der Waals surface area contributed by atoms with Gasteiger partial charge in [-0.1, -0.05) is 36.4 Å². The van der Waals surface area contributed by atoms with Crippen LogP contribution in [0.15, 0.2) is 66.7 Å². The normalized spacial score (nSPS) is 11.1. The summed E-state index contributed by atoms with van der Waals surface area (Å²) in [6.07, 6.45) is 3.34. The second-order valence-electron chi connectivity index (χ2n) is 7.07. The number of rotatable bonds is 5. The van der Waals surface area contributed by atoms with Gasteiger partial charge in [-0.05, 0) is 48.0 Å². The molecule has 4 aromatic rings. The minimum atomic E-state index is -1.15. The third kappa shape index (κ3) is 3.99. The number of aromatic hydroxyl groups is 3. The standard InChI is InChI=1S/C25H17NO6/c27-20-11-5-14(12-21(20)28)4-8-18-9-6-15-7-10-19(24(30)22(15)26-18)23(29)16-2-1-3-17(13-16)25(31)32/h1-13,27-28,30H,(H,31,32)/b8-4+. The zero-order valence-electron chi connectivity index (χ0n) is 16.6. The summed E-state index contributed by atoms with van der Waals surface area (Å²) in [4.78, 5) is 28.5. The molecule has 0 saturated heterocycles. The number of fused-ring (bicyclic) bond motifs is 1. The number of carbonyl (C=O) groups is 2. The molecule has 0 saturated carbocycles. The van der Waals surface area contributed by atoms with Gasteiger partial charge >= 0.3 is 5.97 Å². The van der Waals surface area contributed by atoms with Crippen molar-refractivity contribution in [3.63, 3.8) is 0 Å². The Balaban J connectivity index is 1.70. The Morgan fingerprint density at radius 2 is 1.53 bits per heavy atom. The summed E-state index contributed by atoms with van der Waals surface area (Å²) < 4.78 is 0. The molecular weight excluding hydrogens is 410 g/mol. The Kier molecular flexibility index (Phi) is 5.30. The van der Waals surface area contributed by atoms with Gasteiger partial charge in [-0.3, -0.25) is 4.79 Å². The molecule has 0 amide bonds. The fourth-order valence-electron chi connectivity index (χ4n) is 3.24. The average molecular weight is 427 g/mol. The zero-order valence-corrected chi connectivity index (χ0v) is 16.6. The van der Waals surface area contributed by atoms with Crippen molar-refractivity contribution in [1.29, 1.82) is 0 Å². The SMILES string of the molecule is O=C(O)c1cccc(C(=O)c2ccc3ccc(/C=C/c4ccc(O)c(O)c4)nc3c2O)c1. The van der Waals surface area contributed by atoms with Crippen LogP contribution < -0.4 is 0 Å². The minimum Gasteiger partial charge on any atom is -0.505 e. The number of ketones is 1. The molecule has 0 aliphatic heterocycles. The van der Waals surface area contributed by atoms with Crippen LogP contribution in [0.5, 0.6) is 17.2 Å². The van der Waals surface area contributed by atoms with E-state index < -0.39 is 11.8 Å². The number of pyridine rings is 1. The van der Waals surface area contributed by atoms with Crippen molar-refractivity contribution < 1.29 is 30.0 Å². The van der Waals surface area contributed by atoms with E-state index in [2.05, 4.69) is 4.98 Å². The van der Waals surface area contributed by atoms with Gasteiger partial charge in [-0.15, -0.1) is 0 Å². The van der Waals surface area contributed by atoms with E-state index in [1.807, 2.05) is 0 Å². The van der Waals surface area contributed by atoms with Gasteiger partial charge in [-0.2, -0.15) is 0 Å². The fourth-order valence-corrected chi connectivity index (χ4v) is 3.24. The summed E-state index contributed by atoms with van der Waals surface area (Å²) in [6.45, 7) is 0. The summed E-state index contributed by atoms with van der Waals surface area (Å²) in [5.41, 5.74) is 1.48. The third-order valence-corrected chi connectivity index (χ3v) is 4.92.